The van der Waals surface area contributed by atoms with Crippen molar-refractivity contribution >= 4 is 27.6 Å². The molecule has 2 atom stereocenters. The van der Waals surface area contributed by atoms with Gasteiger partial charge in [0.2, 0.25) is 15.9 Å². The molecule has 2 saturated heterocycles. The maximum absolute atomic E-state index is 13.7. The van der Waals surface area contributed by atoms with E-state index in [-0.39, 0.29) is 42.2 Å². The van der Waals surface area contributed by atoms with E-state index < -0.39 is 39.4 Å². The van der Waals surface area contributed by atoms with Crippen LogP contribution in [0.2, 0.25) is 0 Å². The minimum Gasteiger partial charge on any atom is -0.492 e. The van der Waals surface area contributed by atoms with Gasteiger partial charge in [-0.1, -0.05) is 26.0 Å². The Labute approximate surface area is 233 Å². The molecular weight excluding hydrogens is 539 g/mol. The Morgan fingerprint density at radius 2 is 1.93 bits per heavy atom. The zero-order valence-corrected chi connectivity index (χ0v) is 23.4. The SMILES string of the molecule is CC(C)c1ccc2c(c1)OCCC1(CCN(C(=O)Nc3cccc(F)c3)CC1)NC(=O)[C@@H]1C[C@@H](O)CN1S2(=O)=O. The number of hydrogen-bond donors (Lipinski definition) is 3. The molecule has 216 valence electrons. The van der Waals surface area contributed by atoms with Gasteiger partial charge in [0.05, 0.1) is 12.7 Å². The number of benzene rings is 2. The normalized spacial score (nSPS) is 24.4. The van der Waals surface area contributed by atoms with E-state index in [0.717, 1.165) is 9.87 Å². The Morgan fingerprint density at radius 3 is 2.62 bits per heavy atom. The lowest BCUT2D eigenvalue weighted by Gasteiger charge is -2.43. The van der Waals surface area contributed by atoms with E-state index in [9.17, 15) is 27.5 Å². The first-order chi connectivity index (χ1) is 19.0. The average Bonchev–Trinajstić information content (AvgIpc) is 3.31. The van der Waals surface area contributed by atoms with Crippen LogP contribution >= 0.6 is 0 Å². The predicted octanol–water partition coefficient (Wildman–Crippen LogP) is 3.04. The number of sulfonamides is 1. The quantitative estimate of drug-likeness (QED) is 0.506. The van der Waals surface area contributed by atoms with Gasteiger partial charge in [-0.15, -0.1) is 0 Å². The summed E-state index contributed by atoms with van der Waals surface area (Å²) in [5, 5.41) is 16.2. The maximum atomic E-state index is 13.7. The number of nitrogens with zero attached hydrogens (tertiary/aromatic N) is 2. The number of ether oxygens (including phenoxy) is 1. The second-order valence-electron chi connectivity index (χ2n) is 11.1. The highest BCUT2D eigenvalue weighted by atomic mass is 32.2. The number of carbonyl (C=O) groups is 2. The zero-order valence-electron chi connectivity index (χ0n) is 22.6. The Hall–Kier alpha value is -3.22. The summed E-state index contributed by atoms with van der Waals surface area (Å²) < 4.78 is 48.2. The lowest BCUT2D eigenvalue weighted by molar-refractivity contribution is -0.127. The molecule has 3 heterocycles. The van der Waals surface area contributed by atoms with Gasteiger partial charge in [0.15, 0.2) is 0 Å². The van der Waals surface area contributed by atoms with Crippen molar-refractivity contribution in [2.45, 2.75) is 68.0 Å². The predicted molar refractivity (Wildman–Crippen MR) is 146 cm³/mol. The molecule has 12 heteroatoms. The molecule has 40 heavy (non-hydrogen) atoms. The molecule has 3 N–H and O–H groups in total. The lowest BCUT2D eigenvalue weighted by atomic mass is 9.84. The minimum absolute atomic E-state index is 0.0103. The van der Waals surface area contributed by atoms with Gasteiger partial charge in [-0.2, -0.15) is 4.31 Å². The van der Waals surface area contributed by atoms with Gasteiger partial charge in [0, 0.05) is 43.7 Å². The average molecular weight is 575 g/mol. The van der Waals surface area contributed by atoms with Crippen LogP contribution in [0.3, 0.4) is 0 Å². The van der Waals surface area contributed by atoms with Crippen LogP contribution in [0, 0.1) is 5.82 Å². The molecule has 0 unspecified atom stereocenters. The van der Waals surface area contributed by atoms with Crippen molar-refractivity contribution in [2.24, 2.45) is 0 Å². The molecule has 1 spiro atoms. The van der Waals surface area contributed by atoms with Crippen molar-refractivity contribution in [1.82, 2.24) is 14.5 Å². The van der Waals surface area contributed by atoms with Crippen LogP contribution < -0.4 is 15.4 Å². The third kappa shape index (κ3) is 5.65. The first-order valence-corrected chi connectivity index (χ1v) is 15.0. The number of piperidine rings is 1. The third-order valence-electron chi connectivity index (χ3n) is 8.07. The van der Waals surface area contributed by atoms with Crippen LogP contribution in [0.25, 0.3) is 0 Å². The number of likely N-dealkylation sites (tertiary alicyclic amines) is 1. The van der Waals surface area contributed by atoms with Crippen molar-refractivity contribution in [3.05, 3.63) is 53.8 Å². The molecule has 0 radical (unpaired) electrons. The fourth-order valence-electron chi connectivity index (χ4n) is 5.67. The van der Waals surface area contributed by atoms with Gasteiger partial charge >= 0.3 is 6.03 Å². The highest BCUT2D eigenvalue weighted by molar-refractivity contribution is 7.89. The van der Waals surface area contributed by atoms with Crippen molar-refractivity contribution in [2.75, 3.05) is 31.6 Å². The second-order valence-corrected chi connectivity index (χ2v) is 13.0. The highest BCUT2D eigenvalue weighted by Crippen LogP contribution is 2.36. The largest absolute Gasteiger partial charge is 0.492 e. The highest BCUT2D eigenvalue weighted by Gasteiger charge is 2.47. The fourth-order valence-corrected chi connectivity index (χ4v) is 7.42. The van der Waals surface area contributed by atoms with Gasteiger partial charge in [0.25, 0.3) is 0 Å². The molecule has 10 nitrogen and oxygen atoms in total. The van der Waals surface area contributed by atoms with E-state index in [0.29, 0.717) is 38.0 Å². The maximum Gasteiger partial charge on any atom is 0.321 e. The summed E-state index contributed by atoms with van der Waals surface area (Å²) in [6.07, 6.45) is 0.249. The second kappa shape index (κ2) is 11.0. The number of anilines is 1. The van der Waals surface area contributed by atoms with E-state index in [2.05, 4.69) is 10.6 Å². The molecule has 0 saturated carbocycles. The van der Waals surface area contributed by atoms with Gasteiger partial charge in [-0.3, -0.25) is 4.79 Å². The van der Waals surface area contributed by atoms with Gasteiger partial charge in [-0.05, 0) is 54.7 Å². The van der Waals surface area contributed by atoms with Crippen molar-refractivity contribution in [3.8, 4) is 5.75 Å². The van der Waals surface area contributed by atoms with E-state index in [4.69, 9.17) is 4.74 Å². The fraction of sp³-hybridized carbons (Fsp3) is 0.500. The van der Waals surface area contributed by atoms with Gasteiger partial charge in [-0.25, -0.2) is 17.6 Å². The number of nitrogens with one attached hydrogen (secondary N) is 2. The number of halogens is 1. The number of rotatable bonds is 2. The summed E-state index contributed by atoms with van der Waals surface area (Å²) in [6.45, 7) is 4.63. The van der Waals surface area contributed by atoms with Crippen LogP contribution in [-0.4, -0.2) is 78.6 Å². The number of hydrogen-bond acceptors (Lipinski definition) is 6. The van der Waals surface area contributed by atoms with Crippen LogP contribution in [0.15, 0.2) is 47.4 Å². The first-order valence-electron chi connectivity index (χ1n) is 13.6. The Bertz CT molecular complexity index is 1390. The van der Waals surface area contributed by atoms with Crippen LogP contribution in [0.4, 0.5) is 14.9 Å². The Kier molecular flexibility index (Phi) is 7.77. The number of carbonyl (C=O) groups excluding carboxylic acids is 2. The number of aliphatic hydroxyl groups is 1. The molecular formula is C28H35FN4O6S. The standard InChI is InChI=1S/C28H35FN4O6S/c1-18(2)19-6-7-25-24(14-19)39-13-10-28(31-26(35)23-16-22(34)17-33(23)40(25,37)38)8-11-32(12-9-28)27(36)30-21-5-3-4-20(29)15-21/h3-7,14-15,18,22-23,34H,8-13,16-17H2,1-2H3,(H,30,36)(H,31,35)/t22-,23+/m1/s1. The zero-order chi connectivity index (χ0) is 28.7. The summed E-state index contributed by atoms with van der Waals surface area (Å²) in [6, 6.07) is 9.22. The van der Waals surface area contributed by atoms with E-state index in [1.54, 1.807) is 23.1 Å². The monoisotopic (exact) mass is 574 g/mol. The molecule has 2 aromatic rings. The van der Waals surface area contributed by atoms with Crippen molar-refractivity contribution in [3.63, 3.8) is 0 Å². The summed E-state index contributed by atoms with van der Waals surface area (Å²) >= 11 is 0. The summed E-state index contributed by atoms with van der Waals surface area (Å²) in [4.78, 5) is 28.0. The van der Waals surface area contributed by atoms with E-state index >= 15 is 0 Å². The molecule has 0 bridgehead atoms. The Morgan fingerprint density at radius 1 is 1.18 bits per heavy atom. The van der Waals surface area contributed by atoms with Crippen molar-refractivity contribution < 1.29 is 32.2 Å². The third-order valence-corrected chi connectivity index (χ3v) is 9.98. The van der Waals surface area contributed by atoms with Crippen LogP contribution in [0.1, 0.15) is 51.0 Å². The molecule has 5 rings (SSSR count). The first kappa shape index (κ1) is 28.3. The summed E-state index contributed by atoms with van der Waals surface area (Å²) in [5.74, 6) is -0.554. The Balaban J connectivity index is 1.40. The number of aliphatic hydroxyl groups excluding tert-OH is 1. The lowest BCUT2D eigenvalue weighted by Crippen LogP contribution is -2.60. The molecule has 2 fully saturated rings. The number of fused-ring (bicyclic) bond motifs is 2. The molecule has 3 aliphatic rings. The van der Waals surface area contributed by atoms with Gasteiger partial charge < -0.3 is 25.4 Å². The van der Waals surface area contributed by atoms with Crippen LogP contribution in [-0.2, 0) is 14.8 Å². The van der Waals surface area contributed by atoms with Gasteiger partial charge in [0.1, 0.15) is 22.5 Å². The topological polar surface area (TPSA) is 128 Å². The minimum atomic E-state index is -4.14. The smallest absolute Gasteiger partial charge is 0.321 e. The van der Waals surface area contributed by atoms with E-state index in [1.165, 1.54) is 24.3 Å². The summed E-state index contributed by atoms with van der Waals surface area (Å²) in [5.41, 5.74) is 0.529. The van der Waals surface area contributed by atoms with Crippen LogP contribution in [0.5, 0.6) is 5.75 Å². The van der Waals surface area contributed by atoms with Crippen molar-refractivity contribution in [1.29, 1.82) is 0 Å². The molecule has 3 aliphatic heterocycles. The molecule has 0 aliphatic carbocycles. The number of amides is 3. The molecule has 3 amide bonds. The summed E-state index contributed by atoms with van der Waals surface area (Å²) in [7, 11) is -4.14. The molecule has 0 aromatic heterocycles. The van der Waals surface area contributed by atoms with E-state index in [1.807, 2.05) is 13.8 Å². The molecule has 2 aromatic carbocycles. The number of urea groups is 1.